The van der Waals surface area contributed by atoms with E-state index in [1.807, 2.05) is 5.01 Å². The van der Waals surface area contributed by atoms with Crippen molar-refractivity contribution in [2.75, 3.05) is 26.2 Å². The molecule has 1 aliphatic heterocycles. The minimum absolute atomic E-state index is 0.230. The predicted molar refractivity (Wildman–Crippen MR) is 65.2 cm³/mol. The minimum Gasteiger partial charge on any atom is -0.406 e. The van der Waals surface area contributed by atoms with Crippen molar-refractivity contribution in [2.45, 2.75) is 6.36 Å². The molecular formula is C12H14F3N3O. The molecule has 0 radical (unpaired) electrons. The molecule has 1 saturated heterocycles. The summed E-state index contributed by atoms with van der Waals surface area (Å²) in [6.07, 6.45) is -3.03. The molecule has 1 aromatic rings. The summed E-state index contributed by atoms with van der Waals surface area (Å²) < 4.78 is 39.7. The van der Waals surface area contributed by atoms with Crippen molar-refractivity contribution in [1.29, 1.82) is 0 Å². The van der Waals surface area contributed by atoms with E-state index in [2.05, 4.69) is 15.2 Å². The molecule has 1 aliphatic rings. The maximum atomic E-state index is 12.0. The van der Waals surface area contributed by atoms with Gasteiger partial charge in [0, 0.05) is 26.2 Å². The number of alkyl halides is 3. The summed E-state index contributed by atoms with van der Waals surface area (Å²) >= 11 is 0. The van der Waals surface area contributed by atoms with E-state index < -0.39 is 6.36 Å². The summed E-state index contributed by atoms with van der Waals surface area (Å²) in [5, 5.41) is 9.38. The summed E-state index contributed by atoms with van der Waals surface area (Å²) in [7, 11) is 0. The third kappa shape index (κ3) is 4.78. The number of rotatable bonds is 3. The monoisotopic (exact) mass is 273 g/mol. The summed E-state index contributed by atoms with van der Waals surface area (Å²) in [5.41, 5.74) is 0.730. The molecule has 1 heterocycles. The normalized spacial score (nSPS) is 16.9. The van der Waals surface area contributed by atoms with Gasteiger partial charge < -0.3 is 10.1 Å². The number of hydrogen-bond acceptors (Lipinski definition) is 4. The van der Waals surface area contributed by atoms with Crippen LogP contribution >= 0.6 is 0 Å². The van der Waals surface area contributed by atoms with E-state index in [0.29, 0.717) is 0 Å². The molecule has 0 atom stereocenters. The molecule has 1 N–H and O–H groups in total. The molecule has 0 spiro atoms. The first-order valence-electron chi connectivity index (χ1n) is 5.88. The molecular weight excluding hydrogens is 259 g/mol. The lowest BCUT2D eigenvalue weighted by molar-refractivity contribution is -0.274. The van der Waals surface area contributed by atoms with E-state index >= 15 is 0 Å². The van der Waals surface area contributed by atoms with Crippen LogP contribution in [0, 0.1) is 0 Å². The fraction of sp³-hybridized carbons (Fsp3) is 0.417. The second-order valence-corrected chi connectivity index (χ2v) is 4.07. The van der Waals surface area contributed by atoms with Crippen LogP contribution in [0.1, 0.15) is 5.56 Å². The number of nitrogens with one attached hydrogen (secondary N) is 1. The Morgan fingerprint density at radius 3 is 2.37 bits per heavy atom. The number of halogens is 3. The highest BCUT2D eigenvalue weighted by Crippen LogP contribution is 2.22. The Kier molecular flexibility index (Phi) is 4.26. The zero-order valence-electron chi connectivity index (χ0n) is 10.2. The van der Waals surface area contributed by atoms with Crippen LogP contribution in [0.25, 0.3) is 0 Å². The van der Waals surface area contributed by atoms with Crippen molar-refractivity contribution >= 4 is 6.21 Å². The first-order chi connectivity index (χ1) is 9.03. The lowest BCUT2D eigenvalue weighted by Gasteiger charge is -2.24. The average molecular weight is 273 g/mol. The largest absolute Gasteiger partial charge is 0.573 e. The number of nitrogens with zero attached hydrogens (tertiary/aromatic N) is 2. The molecule has 0 unspecified atom stereocenters. The third-order valence-electron chi connectivity index (χ3n) is 2.58. The lowest BCUT2D eigenvalue weighted by Crippen LogP contribution is -2.40. The predicted octanol–water partition coefficient (Wildman–Crippen LogP) is 1.82. The first-order valence-corrected chi connectivity index (χ1v) is 5.88. The lowest BCUT2D eigenvalue weighted by atomic mass is 10.2. The van der Waals surface area contributed by atoms with Crippen molar-refractivity contribution in [3.8, 4) is 5.75 Å². The van der Waals surface area contributed by atoms with E-state index in [1.165, 1.54) is 24.3 Å². The molecule has 7 heteroatoms. The van der Waals surface area contributed by atoms with Crippen LogP contribution in [0.2, 0.25) is 0 Å². The Morgan fingerprint density at radius 2 is 1.79 bits per heavy atom. The van der Waals surface area contributed by atoms with Gasteiger partial charge in [-0.25, -0.2) is 0 Å². The quantitative estimate of drug-likeness (QED) is 0.854. The van der Waals surface area contributed by atoms with Gasteiger partial charge in [-0.2, -0.15) is 5.10 Å². The Labute approximate surface area is 108 Å². The SMILES string of the molecule is FC(F)(F)Oc1ccc(C=NN2CCNCC2)cc1. The molecule has 0 bridgehead atoms. The van der Waals surface area contributed by atoms with Gasteiger partial charge >= 0.3 is 6.36 Å². The zero-order valence-corrected chi connectivity index (χ0v) is 10.2. The van der Waals surface area contributed by atoms with Gasteiger partial charge in [-0.3, -0.25) is 5.01 Å². The van der Waals surface area contributed by atoms with Gasteiger partial charge in [-0.1, -0.05) is 0 Å². The van der Waals surface area contributed by atoms with Gasteiger partial charge in [0.05, 0.1) is 6.21 Å². The van der Waals surface area contributed by atoms with Gasteiger partial charge in [0.15, 0.2) is 0 Å². The van der Waals surface area contributed by atoms with Gasteiger partial charge in [0.25, 0.3) is 0 Å². The molecule has 1 aromatic carbocycles. The topological polar surface area (TPSA) is 36.9 Å². The van der Waals surface area contributed by atoms with Crippen LogP contribution in [-0.2, 0) is 0 Å². The Morgan fingerprint density at radius 1 is 1.16 bits per heavy atom. The second-order valence-electron chi connectivity index (χ2n) is 4.07. The number of piperazine rings is 1. The average Bonchev–Trinajstić information content (AvgIpc) is 2.37. The number of benzene rings is 1. The second kappa shape index (κ2) is 5.92. The summed E-state index contributed by atoms with van der Waals surface area (Å²) in [6.45, 7) is 3.42. The van der Waals surface area contributed by atoms with E-state index in [1.54, 1.807) is 6.21 Å². The number of ether oxygens (including phenoxy) is 1. The Hall–Kier alpha value is -1.76. The summed E-state index contributed by atoms with van der Waals surface area (Å²) in [6, 6.07) is 5.61. The van der Waals surface area contributed by atoms with Crippen LogP contribution in [0.4, 0.5) is 13.2 Å². The van der Waals surface area contributed by atoms with Crippen molar-refractivity contribution < 1.29 is 17.9 Å². The van der Waals surface area contributed by atoms with Gasteiger partial charge in [-0.15, -0.1) is 13.2 Å². The van der Waals surface area contributed by atoms with Crippen LogP contribution in [0.15, 0.2) is 29.4 Å². The molecule has 0 saturated carbocycles. The maximum Gasteiger partial charge on any atom is 0.573 e. The highest BCUT2D eigenvalue weighted by atomic mass is 19.4. The summed E-state index contributed by atoms with van der Waals surface area (Å²) in [5.74, 6) is -0.230. The molecule has 0 aliphatic carbocycles. The molecule has 1 fully saturated rings. The maximum absolute atomic E-state index is 12.0. The highest BCUT2D eigenvalue weighted by Gasteiger charge is 2.30. The molecule has 0 aromatic heterocycles. The van der Waals surface area contributed by atoms with Gasteiger partial charge in [0.2, 0.25) is 0 Å². The third-order valence-corrected chi connectivity index (χ3v) is 2.58. The highest BCUT2D eigenvalue weighted by molar-refractivity contribution is 5.79. The first kappa shape index (κ1) is 13.7. The zero-order chi connectivity index (χ0) is 13.7. The molecule has 0 amide bonds. The van der Waals surface area contributed by atoms with Crippen molar-refractivity contribution in [3.63, 3.8) is 0 Å². The molecule has 104 valence electrons. The smallest absolute Gasteiger partial charge is 0.406 e. The standard InChI is InChI=1S/C12H14F3N3O/c13-12(14,15)19-11-3-1-10(2-4-11)9-17-18-7-5-16-6-8-18/h1-4,9,16H,5-8H2. The van der Waals surface area contributed by atoms with E-state index in [4.69, 9.17) is 0 Å². The van der Waals surface area contributed by atoms with Crippen LogP contribution in [0.3, 0.4) is 0 Å². The van der Waals surface area contributed by atoms with Crippen molar-refractivity contribution in [3.05, 3.63) is 29.8 Å². The molecule has 19 heavy (non-hydrogen) atoms. The van der Waals surface area contributed by atoms with E-state index in [0.717, 1.165) is 31.7 Å². The summed E-state index contributed by atoms with van der Waals surface area (Å²) in [4.78, 5) is 0. The Balaban J connectivity index is 1.92. The fourth-order valence-corrected chi connectivity index (χ4v) is 1.67. The van der Waals surface area contributed by atoms with E-state index in [-0.39, 0.29) is 5.75 Å². The minimum atomic E-state index is -4.66. The van der Waals surface area contributed by atoms with Crippen LogP contribution in [-0.4, -0.2) is 43.8 Å². The molecule has 4 nitrogen and oxygen atoms in total. The Bertz CT molecular complexity index is 425. The number of hydrogen-bond donors (Lipinski definition) is 1. The van der Waals surface area contributed by atoms with Crippen LogP contribution < -0.4 is 10.1 Å². The van der Waals surface area contributed by atoms with Crippen molar-refractivity contribution in [1.82, 2.24) is 10.3 Å². The van der Waals surface area contributed by atoms with Crippen LogP contribution in [0.5, 0.6) is 5.75 Å². The van der Waals surface area contributed by atoms with Gasteiger partial charge in [0.1, 0.15) is 5.75 Å². The number of hydrazone groups is 1. The van der Waals surface area contributed by atoms with E-state index in [9.17, 15) is 13.2 Å². The van der Waals surface area contributed by atoms with Crippen molar-refractivity contribution in [2.24, 2.45) is 5.10 Å². The molecule has 2 rings (SSSR count). The van der Waals surface area contributed by atoms with Gasteiger partial charge in [-0.05, 0) is 29.8 Å². The fourth-order valence-electron chi connectivity index (χ4n) is 1.67.